The Morgan fingerprint density at radius 1 is 1.13 bits per heavy atom. The zero-order chi connectivity index (χ0) is 15.6. The van der Waals surface area contributed by atoms with E-state index in [0.29, 0.717) is 12.3 Å². The molecule has 0 saturated carbocycles. The second-order valence-electron chi connectivity index (χ2n) is 4.88. The molecular weight excluding hydrogens is 332 g/mol. The van der Waals surface area contributed by atoms with Crippen LogP contribution in [0.3, 0.4) is 0 Å². The Morgan fingerprint density at radius 3 is 2.65 bits per heavy atom. The number of halogens is 1. The molecule has 2 rings (SSSR count). The highest BCUT2D eigenvalue weighted by Crippen LogP contribution is 2.24. The van der Waals surface area contributed by atoms with E-state index in [2.05, 4.69) is 29.7 Å². The van der Waals surface area contributed by atoms with Gasteiger partial charge in [-0.25, -0.2) is 0 Å². The molecule has 6 heteroatoms. The standard InChI is InChI=1S/C17H22N2O2S.ClH/c1-2-9-18-10-11-19-17(20)16-14(8-12-21-16)13-22-15-6-4-3-5-7-15;/h3-8,12,18H,2,9-11,13H2,1H3,(H,19,20);1H. The van der Waals surface area contributed by atoms with Crippen molar-refractivity contribution in [3.8, 4) is 0 Å². The smallest absolute Gasteiger partial charge is 0.287 e. The molecule has 0 fully saturated rings. The van der Waals surface area contributed by atoms with Gasteiger partial charge in [0.2, 0.25) is 0 Å². The number of carbonyl (C=O) groups is 1. The molecule has 1 heterocycles. The third-order valence-electron chi connectivity index (χ3n) is 3.10. The summed E-state index contributed by atoms with van der Waals surface area (Å²) < 4.78 is 5.35. The van der Waals surface area contributed by atoms with Gasteiger partial charge in [-0.3, -0.25) is 4.79 Å². The lowest BCUT2D eigenvalue weighted by molar-refractivity contribution is 0.0925. The maximum atomic E-state index is 12.1. The second-order valence-corrected chi connectivity index (χ2v) is 5.93. The number of furan rings is 1. The Kier molecular flexibility index (Phi) is 9.52. The lowest BCUT2D eigenvalue weighted by Gasteiger charge is -2.06. The Morgan fingerprint density at radius 2 is 1.91 bits per heavy atom. The Bertz CT molecular complexity index is 575. The number of rotatable bonds is 9. The Balaban J connectivity index is 0.00000264. The van der Waals surface area contributed by atoms with Crippen LogP contribution in [0.2, 0.25) is 0 Å². The van der Waals surface area contributed by atoms with Crippen LogP contribution in [0.1, 0.15) is 29.5 Å². The van der Waals surface area contributed by atoms with Gasteiger partial charge in [-0.1, -0.05) is 25.1 Å². The number of hydrogen-bond acceptors (Lipinski definition) is 4. The van der Waals surface area contributed by atoms with Crippen molar-refractivity contribution in [1.82, 2.24) is 10.6 Å². The van der Waals surface area contributed by atoms with E-state index in [4.69, 9.17) is 4.42 Å². The van der Waals surface area contributed by atoms with E-state index in [0.717, 1.165) is 30.8 Å². The van der Waals surface area contributed by atoms with E-state index < -0.39 is 0 Å². The topological polar surface area (TPSA) is 54.3 Å². The van der Waals surface area contributed by atoms with Crippen LogP contribution in [-0.2, 0) is 5.75 Å². The van der Waals surface area contributed by atoms with Gasteiger partial charge in [0, 0.05) is 29.3 Å². The number of thioether (sulfide) groups is 1. The van der Waals surface area contributed by atoms with Crippen LogP contribution in [0.5, 0.6) is 0 Å². The highest BCUT2D eigenvalue weighted by Gasteiger charge is 2.14. The van der Waals surface area contributed by atoms with Crippen LogP contribution in [-0.4, -0.2) is 25.5 Å². The molecule has 1 aromatic heterocycles. The molecule has 23 heavy (non-hydrogen) atoms. The van der Waals surface area contributed by atoms with Gasteiger partial charge in [0.25, 0.3) is 5.91 Å². The number of nitrogens with one attached hydrogen (secondary N) is 2. The lowest BCUT2D eigenvalue weighted by Crippen LogP contribution is -2.32. The predicted octanol–water partition coefficient (Wildman–Crippen LogP) is 3.72. The summed E-state index contributed by atoms with van der Waals surface area (Å²) in [6.07, 6.45) is 2.66. The molecule has 1 aromatic carbocycles. The molecule has 1 amide bonds. The van der Waals surface area contributed by atoms with Gasteiger partial charge in [-0.05, 0) is 31.2 Å². The summed E-state index contributed by atoms with van der Waals surface area (Å²) in [6, 6.07) is 12.0. The SMILES string of the molecule is CCCNCCNC(=O)c1occc1CSc1ccccc1.Cl. The maximum Gasteiger partial charge on any atom is 0.287 e. The molecule has 0 aliphatic heterocycles. The van der Waals surface area contributed by atoms with Gasteiger partial charge >= 0.3 is 0 Å². The third-order valence-corrected chi connectivity index (χ3v) is 4.17. The fraction of sp³-hybridized carbons (Fsp3) is 0.353. The molecule has 0 aliphatic carbocycles. The first kappa shape index (κ1) is 19.6. The van der Waals surface area contributed by atoms with Crippen LogP contribution in [0.25, 0.3) is 0 Å². The largest absolute Gasteiger partial charge is 0.459 e. The van der Waals surface area contributed by atoms with Gasteiger partial charge < -0.3 is 15.1 Å². The first-order chi connectivity index (χ1) is 10.8. The molecule has 0 saturated heterocycles. The molecule has 2 aromatic rings. The zero-order valence-electron chi connectivity index (χ0n) is 13.2. The third kappa shape index (κ3) is 6.69. The van der Waals surface area contributed by atoms with Crippen molar-refractivity contribution in [2.75, 3.05) is 19.6 Å². The minimum atomic E-state index is -0.146. The highest BCUT2D eigenvalue weighted by atomic mass is 35.5. The van der Waals surface area contributed by atoms with Crippen LogP contribution < -0.4 is 10.6 Å². The molecule has 0 radical (unpaired) electrons. The van der Waals surface area contributed by atoms with Gasteiger partial charge in [0.1, 0.15) is 0 Å². The summed E-state index contributed by atoms with van der Waals surface area (Å²) in [6.45, 7) is 4.46. The van der Waals surface area contributed by atoms with E-state index in [1.807, 2.05) is 24.3 Å². The first-order valence-corrected chi connectivity index (χ1v) is 8.53. The first-order valence-electron chi connectivity index (χ1n) is 7.54. The zero-order valence-corrected chi connectivity index (χ0v) is 14.8. The number of hydrogen-bond donors (Lipinski definition) is 2. The molecule has 0 aliphatic rings. The molecule has 4 nitrogen and oxygen atoms in total. The number of benzene rings is 1. The summed E-state index contributed by atoms with van der Waals surface area (Å²) in [5.74, 6) is 0.989. The quantitative estimate of drug-likeness (QED) is 0.532. The molecule has 126 valence electrons. The summed E-state index contributed by atoms with van der Waals surface area (Å²) in [7, 11) is 0. The summed E-state index contributed by atoms with van der Waals surface area (Å²) in [4.78, 5) is 13.3. The van der Waals surface area contributed by atoms with Crippen molar-refractivity contribution in [2.45, 2.75) is 24.0 Å². The Hall–Kier alpha value is -1.43. The average Bonchev–Trinajstić information content (AvgIpc) is 3.02. The van der Waals surface area contributed by atoms with Gasteiger partial charge in [-0.15, -0.1) is 24.2 Å². The van der Waals surface area contributed by atoms with Crippen molar-refractivity contribution >= 4 is 30.1 Å². The van der Waals surface area contributed by atoms with E-state index >= 15 is 0 Å². The molecule has 0 bridgehead atoms. The van der Waals surface area contributed by atoms with Crippen molar-refractivity contribution in [2.24, 2.45) is 0 Å². The summed E-state index contributed by atoms with van der Waals surface area (Å²) in [5.41, 5.74) is 0.924. The minimum Gasteiger partial charge on any atom is -0.459 e. The lowest BCUT2D eigenvalue weighted by atomic mass is 10.2. The second kappa shape index (κ2) is 11.2. The average molecular weight is 355 g/mol. The molecule has 0 unspecified atom stereocenters. The van der Waals surface area contributed by atoms with Crippen molar-refractivity contribution in [1.29, 1.82) is 0 Å². The van der Waals surface area contributed by atoms with E-state index in [1.165, 1.54) is 4.90 Å². The Labute approximate surface area is 147 Å². The normalized spacial score (nSPS) is 10.1. The van der Waals surface area contributed by atoms with Gasteiger partial charge in [0.05, 0.1) is 6.26 Å². The molecular formula is C17H23ClN2O2S. The minimum absolute atomic E-state index is 0. The fourth-order valence-corrected chi connectivity index (χ4v) is 2.87. The number of carbonyl (C=O) groups excluding carboxylic acids is 1. The monoisotopic (exact) mass is 354 g/mol. The van der Waals surface area contributed by atoms with Crippen molar-refractivity contribution in [3.63, 3.8) is 0 Å². The van der Waals surface area contributed by atoms with Crippen LogP contribution in [0.15, 0.2) is 52.0 Å². The molecule has 0 atom stereocenters. The highest BCUT2D eigenvalue weighted by molar-refractivity contribution is 7.98. The number of amides is 1. The molecule has 2 N–H and O–H groups in total. The summed E-state index contributed by atoms with van der Waals surface area (Å²) >= 11 is 1.69. The van der Waals surface area contributed by atoms with E-state index in [1.54, 1.807) is 18.0 Å². The van der Waals surface area contributed by atoms with Crippen molar-refractivity contribution in [3.05, 3.63) is 54.0 Å². The van der Waals surface area contributed by atoms with Crippen molar-refractivity contribution < 1.29 is 9.21 Å². The van der Waals surface area contributed by atoms with E-state index in [-0.39, 0.29) is 18.3 Å². The van der Waals surface area contributed by atoms with E-state index in [9.17, 15) is 4.79 Å². The predicted molar refractivity (Wildman–Crippen MR) is 97.5 cm³/mol. The van der Waals surface area contributed by atoms with Gasteiger partial charge in [-0.2, -0.15) is 0 Å². The van der Waals surface area contributed by atoms with Crippen LogP contribution in [0.4, 0.5) is 0 Å². The molecule has 0 spiro atoms. The summed E-state index contributed by atoms with van der Waals surface area (Å²) in [5, 5.41) is 6.13. The van der Waals surface area contributed by atoms with Gasteiger partial charge in [0.15, 0.2) is 5.76 Å². The van der Waals surface area contributed by atoms with Crippen LogP contribution >= 0.6 is 24.2 Å². The fourth-order valence-electron chi connectivity index (χ4n) is 1.97. The van der Waals surface area contributed by atoms with Crippen LogP contribution in [0, 0.1) is 0 Å². The maximum absolute atomic E-state index is 12.1.